The Morgan fingerprint density at radius 3 is 2.39 bits per heavy atom. The number of halogens is 1. The lowest BCUT2D eigenvalue weighted by atomic mass is 10.1. The summed E-state index contributed by atoms with van der Waals surface area (Å²) >= 11 is 0. The number of anilines is 2. The molecule has 0 aliphatic heterocycles. The molecule has 0 aliphatic carbocycles. The van der Waals surface area contributed by atoms with E-state index in [0.717, 1.165) is 44.5 Å². The van der Waals surface area contributed by atoms with Gasteiger partial charge in [0.05, 0.1) is 4.92 Å². The van der Waals surface area contributed by atoms with E-state index in [9.17, 15) is 14.9 Å². The monoisotopic (exact) mass is 448 g/mol. The van der Waals surface area contributed by atoms with Gasteiger partial charge in [-0.05, 0) is 75.6 Å². The summed E-state index contributed by atoms with van der Waals surface area (Å²) in [4.78, 5) is 26.0. The van der Waals surface area contributed by atoms with E-state index in [2.05, 4.69) is 29.4 Å². The predicted octanol–water partition coefficient (Wildman–Crippen LogP) is 5.50. The highest BCUT2D eigenvalue weighted by molar-refractivity contribution is 6.05. The predicted molar refractivity (Wildman–Crippen MR) is 130 cm³/mol. The lowest BCUT2D eigenvalue weighted by Crippen LogP contribution is -2.27. The van der Waals surface area contributed by atoms with Gasteiger partial charge in [-0.15, -0.1) is 12.4 Å². The van der Waals surface area contributed by atoms with E-state index < -0.39 is 4.92 Å². The van der Waals surface area contributed by atoms with Gasteiger partial charge in [0, 0.05) is 23.9 Å². The average molecular weight is 449 g/mol. The highest BCUT2D eigenvalue weighted by Crippen LogP contribution is 2.26. The standard InChI is InChI=1S/C23H32N4O3.ClH/c1-4-13-26(14-5-2)15-7-12-24-21-11-10-19(17-22(21)27(29)30)23(28)25-20-9-6-8-18(3)16-20;/h6,8-11,16-17,24H,4-5,7,12-15H2,1-3H3,(H,25,28);1H. The van der Waals surface area contributed by atoms with Crippen LogP contribution in [0, 0.1) is 17.0 Å². The van der Waals surface area contributed by atoms with Gasteiger partial charge in [0.25, 0.3) is 11.6 Å². The van der Waals surface area contributed by atoms with Crippen molar-refractivity contribution in [2.45, 2.75) is 40.0 Å². The average Bonchev–Trinajstić information content (AvgIpc) is 2.71. The third-order valence-electron chi connectivity index (χ3n) is 4.78. The fourth-order valence-electron chi connectivity index (χ4n) is 3.39. The molecule has 0 fully saturated rings. The van der Waals surface area contributed by atoms with E-state index in [4.69, 9.17) is 0 Å². The minimum Gasteiger partial charge on any atom is -0.379 e. The highest BCUT2D eigenvalue weighted by Gasteiger charge is 2.17. The summed E-state index contributed by atoms with van der Waals surface area (Å²) in [6, 6.07) is 12.0. The molecule has 0 bridgehead atoms. The molecule has 2 aromatic rings. The zero-order valence-electron chi connectivity index (χ0n) is 18.5. The van der Waals surface area contributed by atoms with Gasteiger partial charge in [0.2, 0.25) is 0 Å². The molecule has 0 atom stereocenters. The van der Waals surface area contributed by atoms with Gasteiger partial charge in [0.15, 0.2) is 0 Å². The number of carbonyl (C=O) groups excluding carboxylic acids is 1. The Morgan fingerprint density at radius 2 is 1.77 bits per heavy atom. The lowest BCUT2D eigenvalue weighted by Gasteiger charge is -2.20. The Morgan fingerprint density at radius 1 is 1.06 bits per heavy atom. The third-order valence-corrected chi connectivity index (χ3v) is 4.78. The van der Waals surface area contributed by atoms with Crippen LogP contribution in [0.3, 0.4) is 0 Å². The molecule has 0 saturated heterocycles. The van der Waals surface area contributed by atoms with E-state index in [1.807, 2.05) is 25.1 Å². The second-order valence-electron chi connectivity index (χ2n) is 7.43. The van der Waals surface area contributed by atoms with E-state index in [0.29, 0.717) is 17.9 Å². The Bertz CT molecular complexity index is 854. The Kier molecular flexibility index (Phi) is 11.6. The number of carbonyl (C=O) groups is 1. The molecule has 0 aliphatic rings. The molecule has 7 nitrogen and oxygen atoms in total. The van der Waals surface area contributed by atoms with E-state index in [1.165, 1.54) is 6.07 Å². The first-order valence-electron chi connectivity index (χ1n) is 10.6. The van der Waals surface area contributed by atoms with E-state index >= 15 is 0 Å². The lowest BCUT2D eigenvalue weighted by molar-refractivity contribution is -0.384. The molecule has 2 rings (SSSR count). The second kappa shape index (κ2) is 13.6. The zero-order chi connectivity index (χ0) is 21.9. The van der Waals surface area contributed by atoms with Crippen molar-refractivity contribution in [1.29, 1.82) is 0 Å². The minimum absolute atomic E-state index is 0. The molecule has 0 radical (unpaired) electrons. The summed E-state index contributed by atoms with van der Waals surface area (Å²) in [6.07, 6.45) is 3.13. The van der Waals surface area contributed by atoms with Crippen molar-refractivity contribution >= 4 is 35.4 Å². The first-order valence-corrected chi connectivity index (χ1v) is 10.6. The van der Waals surface area contributed by atoms with Crippen LogP contribution in [0.1, 0.15) is 49.0 Å². The van der Waals surface area contributed by atoms with Crippen LogP contribution in [0.4, 0.5) is 17.1 Å². The first kappa shape index (κ1) is 26.4. The molecule has 0 aromatic heterocycles. The summed E-state index contributed by atoms with van der Waals surface area (Å²) in [7, 11) is 0. The summed E-state index contributed by atoms with van der Waals surface area (Å²) < 4.78 is 0. The number of nitrogens with one attached hydrogen (secondary N) is 2. The summed E-state index contributed by atoms with van der Waals surface area (Å²) in [6.45, 7) is 10.0. The van der Waals surface area contributed by atoms with E-state index in [-0.39, 0.29) is 29.6 Å². The number of rotatable bonds is 12. The van der Waals surface area contributed by atoms with Crippen LogP contribution in [0.2, 0.25) is 0 Å². The first-order chi connectivity index (χ1) is 14.4. The normalized spacial score (nSPS) is 10.5. The molecule has 0 spiro atoms. The van der Waals surface area contributed by atoms with Crippen LogP contribution >= 0.6 is 12.4 Å². The highest BCUT2D eigenvalue weighted by atomic mass is 35.5. The van der Waals surface area contributed by atoms with Crippen molar-refractivity contribution < 1.29 is 9.72 Å². The molecule has 31 heavy (non-hydrogen) atoms. The number of amides is 1. The minimum atomic E-state index is -0.452. The van der Waals surface area contributed by atoms with Crippen molar-refractivity contribution in [2.75, 3.05) is 36.8 Å². The van der Waals surface area contributed by atoms with Crippen molar-refractivity contribution in [1.82, 2.24) is 4.90 Å². The molecule has 0 heterocycles. The maximum atomic E-state index is 12.5. The van der Waals surface area contributed by atoms with Gasteiger partial charge in [-0.1, -0.05) is 26.0 Å². The summed E-state index contributed by atoms with van der Waals surface area (Å²) in [5.41, 5.74) is 2.28. The number of benzene rings is 2. The van der Waals surface area contributed by atoms with Crippen molar-refractivity contribution in [3.63, 3.8) is 0 Å². The van der Waals surface area contributed by atoms with Crippen LogP contribution in [0.25, 0.3) is 0 Å². The molecule has 170 valence electrons. The quantitative estimate of drug-likeness (QED) is 0.254. The topological polar surface area (TPSA) is 87.5 Å². The number of hydrogen-bond acceptors (Lipinski definition) is 5. The van der Waals surface area contributed by atoms with Crippen LogP contribution in [0.15, 0.2) is 42.5 Å². The number of aryl methyl sites for hydroxylation is 1. The zero-order valence-corrected chi connectivity index (χ0v) is 19.3. The number of nitro groups is 1. The maximum absolute atomic E-state index is 12.5. The van der Waals surface area contributed by atoms with Crippen LogP contribution in [-0.2, 0) is 0 Å². The van der Waals surface area contributed by atoms with Gasteiger partial charge < -0.3 is 15.5 Å². The van der Waals surface area contributed by atoms with Crippen molar-refractivity contribution in [2.24, 2.45) is 0 Å². The third kappa shape index (κ3) is 8.55. The smallest absolute Gasteiger partial charge is 0.293 e. The van der Waals surface area contributed by atoms with E-state index in [1.54, 1.807) is 18.2 Å². The maximum Gasteiger partial charge on any atom is 0.293 e. The SMILES string of the molecule is CCCN(CCC)CCCNc1ccc(C(=O)Nc2cccc(C)c2)cc1[N+](=O)[O-].Cl. The molecule has 2 N–H and O–H groups in total. The van der Waals surface area contributed by atoms with Crippen LogP contribution in [-0.4, -0.2) is 41.9 Å². The number of nitrogens with zero attached hydrogens (tertiary/aromatic N) is 2. The fourth-order valence-corrected chi connectivity index (χ4v) is 3.39. The van der Waals surface area contributed by atoms with Gasteiger partial charge in [0.1, 0.15) is 5.69 Å². The second-order valence-corrected chi connectivity index (χ2v) is 7.43. The summed E-state index contributed by atoms with van der Waals surface area (Å²) in [5.74, 6) is -0.370. The molecule has 0 saturated carbocycles. The Hall–Kier alpha value is -2.64. The van der Waals surface area contributed by atoms with Crippen molar-refractivity contribution in [3.05, 3.63) is 63.7 Å². The molecular formula is C23H33ClN4O3. The summed E-state index contributed by atoms with van der Waals surface area (Å²) in [5, 5.41) is 17.5. The van der Waals surface area contributed by atoms with Gasteiger partial charge in [-0.2, -0.15) is 0 Å². The Labute approximate surface area is 190 Å². The number of nitro benzene ring substituents is 1. The molecule has 1 amide bonds. The largest absolute Gasteiger partial charge is 0.379 e. The molecule has 0 unspecified atom stereocenters. The molecular weight excluding hydrogens is 416 g/mol. The van der Waals surface area contributed by atoms with Crippen LogP contribution < -0.4 is 10.6 Å². The van der Waals surface area contributed by atoms with Gasteiger partial charge in [-0.25, -0.2) is 0 Å². The fraction of sp³-hybridized carbons (Fsp3) is 0.435. The number of hydrogen-bond donors (Lipinski definition) is 2. The molecule has 8 heteroatoms. The van der Waals surface area contributed by atoms with Gasteiger partial charge in [-0.3, -0.25) is 14.9 Å². The van der Waals surface area contributed by atoms with Gasteiger partial charge >= 0.3 is 0 Å². The molecule has 2 aromatic carbocycles. The van der Waals surface area contributed by atoms with Crippen molar-refractivity contribution in [3.8, 4) is 0 Å². The van der Waals surface area contributed by atoms with Crippen LogP contribution in [0.5, 0.6) is 0 Å². The Balaban J connectivity index is 0.00000480.